The van der Waals surface area contributed by atoms with Crippen LogP contribution >= 0.6 is 0 Å². The zero-order valence-corrected chi connectivity index (χ0v) is 22.5. The number of anilines is 2. The SMILES string of the molecule is Nc1nc(OC(c2ccc(-c3ccc(OC(F)(F)F)cc3)cc2)C(F)(F)F)cc(N2CCC3(CC2)CN[C@H](C(=O)O)C3)n1. The lowest BCUT2D eigenvalue weighted by molar-refractivity contribution is -0.274. The van der Waals surface area contributed by atoms with Gasteiger partial charge in [-0.05, 0) is 47.9 Å². The van der Waals surface area contributed by atoms with Gasteiger partial charge in [0.05, 0.1) is 0 Å². The van der Waals surface area contributed by atoms with Crippen molar-refractivity contribution < 1.29 is 45.7 Å². The van der Waals surface area contributed by atoms with Crippen molar-refractivity contribution in [1.82, 2.24) is 15.3 Å². The van der Waals surface area contributed by atoms with Gasteiger partial charge in [0.1, 0.15) is 17.6 Å². The van der Waals surface area contributed by atoms with Gasteiger partial charge in [0.15, 0.2) is 0 Å². The second kappa shape index (κ2) is 11.4. The molecule has 9 nitrogen and oxygen atoms in total. The smallest absolute Gasteiger partial charge is 0.480 e. The van der Waals surface area contributed by atoms with Crippen molar-refractivity contribution in [3.8, 4) is 22.8 Å². The lowest BCUT2D eigenvalue weighted by Crippen LogP contribution is -2.41. The molecule has 4 N–H and O–H groups in total. The van der Waals surface area contributed by atoms with Crippen LogP contribution in [-0.4, -0.2) is 59.3 Å². The molecule has 2 aromatic carbocycles. The Morgan fingerprint density at radius 2 is 1.60 bits per heavy atom. The molecular weight excluding hydrogens is 584 g/mol. The van der Waals surface area contributed by atoms with E-state index in [9.17, 15) is 36.2 Å². The molecule has 0 aliphatic carbocycles. The number of benzene rings is 2. The molecule has 0 saturated carbocycles. The third-order valence-corrected chi connectivity index (χ3v) is 7.68. The molecule has 1 spiro atoms. The van der Waals surface area contributed by atoms with E-state index in [1.807, 2.05) is 4.90 Å². The number of carboxylic acid groups (broad SMARTS) is 1. The van der Waals surface area contributed by atoms with Gasteiger partial charge in [0.25, 0.3) is 0 Å². The summed E-state index contributed by atoms with van der Waals surface area (Å²) in [5, 5.41) is 12.3. The summed E-state index contributed by atoms with van der Waals surface area (Å²) in [4.78, 5) is 21.2. The Balaban J connectivity index is 1.29. The molecule has 2 aliphatic heterocycles. The minimum Gasteiger partial charge on any atom is -0.480 e. The van der Waals surface area contributed by atoms with Gasteiger partial charge in [0, 0.05) is 31.3 Å². The zero-order valence-electron chi connectivity index (χ0n) is 22.5. The number of ether oxygens (including phenoxy) is 2. The molecule has 0 radical (unpaired) electrons. The summed E-state index contributed by atoms with van der Waals surface area (Å²) in [7, 11) is 0. The van der Waals surface area contributed by atoms with Gasteiger partial charge < -0.3 is 30.5 Å². The molecule has 0 bridgehead atoms. The van der Waals surface area contributed by atoms with Gasteiger partial charge in [-0.2, -0.15) is 23.1 Å². The van der Waals surface area contributed by atoms with E-state index in [0.29, 0.717) is 55.8 Å². The molecule has 1 aromatic heterocycles. The number of alkyl halides is 6. The summed E-state index contributed by atoms with van der Waals surface area (Å²) in [5.74, 6) is -1.66. The molecule has 230 valence electrons. The summed E-state index contributed by atoms with van der Waals surface area (Å²) < 4.78 is 88.8. The Morgan fingerprint density at radius 1 is 1.00 bits per heavy atom. The molecule has 1 unspecified atom stereocenters. The largest absolute Gasteiger partial charge is 0.573 e. The maximum Gasteiger partial charge on any atom is 0.573 e. The van der Waals surface area contributed by atoms with E-state index in [1.54, 1.807) is 0 Å². The highest BCUT2D eigenvalue weighted by molar-refractivity contribution is 5.74. The first-order chi connectivity index (χ1) is 20.2. The number of nitrogens with zero attached hydrogens (tertiary/aromatic N) is 3. The molecule has 2 aliphatic rings. The Morgan fingerprint density at radius 3 is 2.14 bits per heavy atom. The van der Waals surface area contributed by atoms with E-state index in [4.69, 9.17) is 10.5 Å². The van der Waals surface area contributed by atoms with Crippen LogP contribution in [0.4, 0.5) is 38.1 Å². The molecule has 0 amide bonds. The predicted octanol–water partition coefficient (Wildman–Crippen LogP) is 5.34. The second-order valence-electron chi connectivity index (χ2n) is 10.6. The highest BCUT2D eigenvalue weighted by Gasteiger charge is 2.45. The summed E-state index contributed by atoms with van der Waals surface area (Å²) >= 11 is 0. The second-order valence-corrected chi connectivity index (χ2v) is 10.6. The Kier molecular flexibility index (Phi) is 8.03. The van der Waals surface area contributed by atoms with Crippen molar-refractivity contribution in [2.75, 3.05) is 30.3 Å². The van der Waals surface area contributed by atoms with Crippen LogP contribution in [0.1, 0.15) is 30.9 Å². The lowest BCUT2D eigenvalue weighted by atomic mass is 9.76. The van der Waals surface area contributed by atoms with Crippen LogP contribution in [0.25, 0.3) is 11.1 Å². The first kappa shape index (κ1) is 30.2. The molecule has 2 saturated heterocycles. The number of halogens is 6. The van der Waals surface area contributed by atoms with Crippen LogP contribution in [0, 0.1) is 5.41 Å². The molecular formula is C28H27F6N5O4. The highest BCUT2D eigenvalue weighted by atomic mass is 19.4. The number of nitrogen functional groups attached to an aromatic ring is 1. The highest BCUT2D eigenvalue weighted by Crippen LogP contribution is 2.41. The first-order valence-electron chi connectivity index (χ1n) is 13.2. The van der Waals surface area contributed by atoms with Crippen molar-refractivity contribution in [3.05, 3.63) is 60.2 Å². The summed E-state index contributed by atoms with van der Waals surface area (Å²) in [6.07, 6.45) is -10.2. The normalized spacial score (nSPS) is 19.3. The number of hydrogen-bond acceptors (Lipinski definition) is 8. The topological polar surface area (TPSA) is 123 Å². The van der Waals surface area contributed by atoms with E-state index in [0.717, 1.165) is 12.1 Å². The lowest BCUT2D eigenvalue weighted by Gasteiger charge is -2.39. The monoisotopic (exact) mass is 611 g/mol. The predicted molar refractivity (Wildman–Crippen MR) is 142 cm³/mol. The van der Waals surface area contributed by atoms with E-state index in [1.165, 1.54) is 42.5 Å². The van der Waals surface area contributed by atoms with Gasteiger partial charge in [-0.1, -0.05) is 36.4 Å². The van der Waals surface area contributed by atoms with E-state index < -0.39 is 36.4 Å². The number of carboxylic acids is 1. The Bertz CT molecular complexity index is 1440. The van der Waals surface area contributed by atoms with Gasteiger partial charge >= 0.3 is 18.5 Å². The van der Waals surface area contributed by atoms with Gasteiger partial charge in [-0.15, -0.1) is 13.2 Å². The summed E-state index contributed by atoms with van der Waals surface area (Å²) in [6, 6.07) is 10.8. The quantitative estimate of drug-likeness (QED) is 0.304. The van der Waals surface area contributed by atoms with Crippen molar-refractivity contribution in [2.45, 2.75) is 43.9 Å². The number of rotatable bonds is 7. The summed E-state index contributed by atoms with van der Waals surface area (Å²) in [6.45, 7) is 1.57. The molecule has 3 heterocycles. The number of aromatic nitrogens is 2. The van der Waals surface area contributed by atoms with E-state index in [-0.39, 0.29) is 22.8 Å². The van der Waals surface area contributed by atoms with Crippen molar-refractivity contribution in [1.29, 1.82) is 0 Å². The molecule has 2 fully saturated rings. The van der Waals surface area contributed by atoms with Gasteiger partial charge in [-0.3, -0.25) is 4.79 Å². The number of hydrogen-bond donors (Lipinski definition) is 3. The number of nitrogens with one attached hydrogen (secondary N) is 1. The maximum atomic E-state index is 14.1. The maximum absolute atomic E-state index is 14.1. The first-order valence-corrected chi connectivity index (χ1v) is 13.2. The van der Waals surface area contributed by atoms with Crippen LogP contribution in [0.15, 0.2) is 54.6 Å². The third-order valence-electron chi connectivity index (χ3n) is 7.68. The minimum atomic E-state index is -4.85. The fourth-order valence-electron chi connectivity index (χ4n) is 5.48. The third kappa shape index (κ3) is 7.21. The molecule has 2 atom stereocenters. The van der Waals surface area contributed by atoms with Crippen LogP contribution in [-0.2, 0) is 4.79 Å². The molecule has 5 rings (SSSR count). The number of piperidine rings is 1. The van der Waals surface area contributed by atoms with Crippen LogP contribution in [0.5, 0.6) is 11.6 Å². The van der Waals surface area contributed by atoms with Crippen molar-refractivity contribution in [2.24, 2.45) is 5.41 Å². The average Bonchev–Trinajstić information content (AvgIpc) is 3.35. The van der Waals surface area contributed by atoms with Crippen molar-refractivity contribution >= 4 is 17.7 Å². The van der Waals surface area contributed by atoms with Crippen LogP contribution < -0.4 is 25.4 Å². The average molecular weight is 612 g/mol. The van der Waals surface area contributed by atoms with Crippen LogP contribution in [0.2, 0.25) is 0 Å². The zero-order chi connectivity index (χ0) is 31.0. The van der Waals surface area contributed by atoms with Crippen LogP contribution in [0.3, 0.4) is 0 Å². The standard InChI is InChI=1S/C28H27F6N5O4/c29-27(30,31)23(18-3-1-16(2-4-18)17-5-7-19(8-6-17)43-28(32,33)34)42-22-13-21(37-25(35)38-22)39-11-9-26(10-12-39)14-20(24(40)41)36-15-26/h1-8,13,20,23,36H,9-12,14-15H2,(H,40,41)(H2,35,37,38)/t20-,23?/m0/s1. The summed E-state index contributed by atoms with van der Waals surface area (Å²) in [5.41, 5.74) is 6.36. The fourth-order valence-corrected chi connectivity index (χ4v) is 5.48. The van der Waals surface area contributed by atoms with Gasteiger partial charge in [-0.25, -0.2) is 0 Å². The molecule has 43 heavy (non-hydrogen) atoms. The Labute approximate surface area is 241 Å². The number of carbonyl (C=O) groups is 1. The number of nitrogens with two attached hydrogens (primary N) is 1. The molecule has 3 aromatic rings. The number of aliphatic carboxylic acids is 1. The Hall–Kier alpha value is -4.27. The van der Waals surface area contributed by atoms with E-state index in [2.05, 4.69) is 20.0 Å². The van der Waals surface area contributed by atoms with Crippen molar-refractivity contribution in [3.63, 3.8) is 0 Å². The minimum absolute atomic E-state index is 0.177. The van der Waals surface area contributed by atoms with Gasteiger partial charge in [0.2, 0.25) is 17.9 Å². The molecule has 15 heteroatoms. The fraction of sp³-hybridized carbons (Fsp3) is 0.393. The van der Waals surface area contributed by atoms with E-state index >= 15 is 0 Å².